The van der Waals surface area contributed by atoms with Crippen molar-refractivity contribution >= 4 is 5.91 Å². The Morgan fingerprint density at radius 3 is 2.09 bits per heavy atom. The van der Waals surface area contributed by atoms with E-state index in [0.29, 0.717) is 11.8 Å². The van der Waals surface area contributed by atoms with Gasteiger partial charge in [0.05, 0.1) is 0 Å². The zero-order valence-electron chi connectivity index (χ0n) is 7.85. The van der Waals surface area contributed by atoms with Gasteiger partial charge in [-0.15, -0.1) is 0 Å². The summed E-state index contributed by atoms with van der Waals surface area (Å²) < 4.78 is 0. The highest BCUT2D eigenvalue weighted by atomic mass is 16.2. The van der Waals surface area contributed by atoms with E-state index in [1.54, 1.807) is 0 Å². The van der Waals surface area contributed by atoms with Crippen molar-refractivity contribution in [1.82, 2.24) is 4.90 Å². The fourth-order valence-corrected chi connectivity index (χ4v) is 0.935. The monoisotopic (exact) mass is 155 g/mol. The first-order valence-electron chi connectivity index (χ1n) is 4.20. The van der Waals surface area contributed by atoms with Crippen LogP contribution in [0.1, 0.15) is 33.6 Å². The van der Waals surface area contributed by atoms with Crippen LogP contribution in [0.2, 0.25) is 0 Å². The molecule has 0 N–H and O–H groups in total. The van der Waals surface area contributed by atoms with Gasteiger partial charge < -0.3 is 4.90 Å². The fourth-order valence-electron chi connectivity index (χ4n) is 0.935. The van der Waals surface area contributed by atoms with Gasteiger partial charge in [0.25, 0.3) is 0 Å². The summed E-state index contributed by atoms with van der Waals surface area (Å²) >= 11 is 0. The molecule has 0 aromatic heterocycles. The molecule has 0 bridgehead atoms. The third-order valence-corrected chi connectivity index (χ3v) is 2.26. The second kappa shape index (κ2) is 2.50. The highest BCUT2D eigenvalue weighted by Gasteiger charge is 2.35. The van der Waals surface area contributed by atoms with Crippen molar-refractivity contribution in [2.24, 2.45) is 5.92 Å². The van der Waals surface area contributed by atoms with E-state index in [9.17, 15) is 4.79 Å². The van der Waals surface area contributed by atoms with Crippen molar-refractivity contribution in [3.63, 3.8) is 0 Å². The first kappa shape index (κ1) is 8.57. The summed E-state index contributed by atoms with van der Waals surface area (Å²) in [5.74, 6) is 0.664. The van der Waals surface area contributed by atoms with Crippen LogP contribution in [0.5, 0.6) is 0 Å². The smallest absolute Gasteiger partial charge is 0.225 e. The molecule has 1 amide bonds. The lowest BCUT2D eigenvalue weighted by Gasteiger charge is -2.32. The van der Waals surface area contributed by atoms with E-state index in [2.05, 4.69) is 20.8 Å². The molecule has 0 aromatic rings. The lowest BCUT2D eigenvalue weighted by atomic mass is 10.1. The van der Waals surface area contributed by atoms with Gasteiger partial charge in [-0.3, -0.25) is 4.79 Å². The number of hydrogen-bond donors (Lipinski definition) is 0. The van der Waals surface area contributed by atoms with E-state index in [1.165, 1.54) is 0 Å². The Labute approximate surface area is 68.6 Å². The summed E-state index contributed by atoms with van der Waals surface area (Å²) in [5.41, 5.74) is -0.0142. The van der Waals surface area contributed by atoms with E-state index in [4.69, 9.17) is 0 Å². The van der Waals surface area contributed by atoms with Crippen LogP contribution in [0.15, 0.2) is 0 Å². The molecule has 0 spiro atoms. The first-order valence-corrected chi connectivity index (χ1v) is 4.20. The van der Waals surface area contributed by atoms with Gasteiger partial charge in [0.1, 0.15) is 0 Å². The Kier molecular flexibility index (Phi) is 1.95. The van der Waals surface area contributed by atoms with Gasteiger partial charge in [-0.05, 0) is 33.6 Å². The maximum Gasteiger partial charge on any atom is 0.225 e. The van der Waals surface area contributed by atoms with Crippen LogP contribution < -0.4 is 0 Å². The molecule has 0 radical (unpaired) electrons. The quantitative estimate of drug-likeness (QED) is 0.564. The average Bonchev–Trinajstić information content (AvgIpc) is 2.63. The summed E-state index contributed by atoms with van der Waals surface area (Å²) in [4.78, 5) is 13.3. The van der Waals surface area contributed by atoms with Crippen LogP contribution >= 0.6 is 0 Å². The summed E-state index contributed by atoms with van der Waals surface area (Å²) in [5, 5.41) is 0. The van der Waals surface area contributed by atoms with Gasteiger partial charge in [-0.25, -0.2) is 0 Å². The van der Waals surface area contributed by atoms with Gasteiger partial charge in [0.15, 0.2) is 0 Å². The lowest BCUT2D eigenvalue weighted by Crippen LogP contribution is -2.43. The molecule has 2 nitrogen and oxygen atoms in total. The highest BCUT2D eigenvalue weighted by Crippen LogP contribution is 2.32. The van der Waals surface area contributed by atoms with Gasteiger partial charge in [0, 0.05) is 18.5 Å². The predicted molar refractivity (Wildman–Crippen MR) is 45.2 cm³/mol. The van der Waals surface area contributed by atoms with Crippen molar-refractivity contribution in [2.75, 3.05) is 7.05 Å². The fraction of sp³-hybridized carbons (Fsp3) is 0.889. The molecule has 1 aliphatic rings. The molecule has 1 aliphatic carbocycles. The van der Waals surface area contributed by atoms with Gasteiger partial charge in [-0.2, -0.15) is 0 Å². The van der Waals surface area contributed by atoms with Crippen LogP contribution in [0.3, 0.4) is 0 Å². The molecule has 0 unspecified atom stereocenters. The molecule has 1 saturated carbocycles. The standard InChI is InChI=1S/C9H17NO/c1-9(2,3)10(4)8(11)7-5-6-7/h7H,5-6H2,1-4H3. The Bertz CT molecular complexity index is 165. The first-order chi connectivity index (χ1) is 4.93. The van der Waals surface area contributed by atoms with E-state index < -0.39 is 0 Å². The molecular formula is C9H17NO. The van der Waals surface area contributed by atoms with E-state index in [-0.39, 0.29) is 5.54 Å². The molecule has 0 aromatic carbocycles. The zero-order chi connectivity index (χ0) is 8.65. The van der Waals surface area contributed by atoms with Crippen molar-refractivity contribution in [2.45, 2.75) is 39.2 Å². The van der Waals surface area contributed by atoms with Gasteiger partial charge in [-0.1, -0.05) is 0 Å². The maximum absolute atomic E-state index is 11.5. The normalized spacial score (nSPS) is 18.2. The van der Waals surface area contributed by atoms with Crippen LogP contribution in [-0.4, -0.2) is 23.4 Å². The summed E-state index contributed by atoms with van der Waals surface area (Å²) in [6.45, 7) is 6.19. The Hall–Kier alpha value is -0.530. The van der Waals surface area contributed by atoms with Crippen LogP contribution in [0.4, 0.5) is 0 Å². The molecule has 0 saturated heterocycles. The molecular weight excluding hydrogens is 138 g/mol. The van der Waals surface area contributed by atoms with Crippen molar-refractivity contribution < 1.29 is 4.79 Å². The summed E-state index contributed by atoms with van der Waals surface area (Å²) in [6, 6.07) is 0. The largest absolute Gasteiger partial charge is 0.341 e. The molecule has 1 rings (SSSR count). The summed E-state index contributed by atoms with van der Waals surface area (Å²) in [7, 11) is 1.89. The molecule has 64 valence electrons. The van der Waals surface area contributed by atoms with E-state index in [0.717, 1.165) is 12.8 Å². The number of carbonyl (C=O) groups is 1. The Morgan fingerprint density at radius 2 is 1.82 bits per heavy atom. The molecule has 2 heteroatoms. The average molecular weight is 155 g/mol. The molecule has 0 heterocycles. The predicted octanol–water partition coefficient (Wildman–Crippen LogP) is 1.65. The maximum atomic E-state index is 11.5. The highest BCUT2D eigenvalue weighted by molar-refractivity contribution is 5.81. The second-order valence-corrected chi connectivity index (χ2v) is 4.34. The Balaban J connectivity index is 2.52. The number of carbonyl (C=O) groups excluding carboxylic acids is 1. The minimum absolute atomic E-state index is 0.0142. The number of hydrogen-bond acceptors (Lipinski definition) is 1. The number of rotatable bonds is 1. The molecule has 1 fully saturated rings. The molecule has 11 heavy (non-hydrogen) atoms. The lowest BCUT2D eigenvalue weighted by molar-refractivity contribution is -0.135. The molecule has 0 atom stereocenters. The Morgan fingerprint density at radius 1 is 1.36 bits per heavy atom. The number of nitrogens with zero attached hydrogens (tertiary/aromatic N) is 1. The van der Waals surface area contributed by atoms with E-state index in [1.807, 2.05) is 11.9 Å². The third kappa shape index (κ3) is 1.95. The summed E-state index contributed by atoms with van der Waals surface area (Å²) in [6.07, 6.45) is 2.19. The van der Waals surface area contributed by atoms with Crippen LogP contribution in [-0.2, 0) is 4.79 Å². The SMILES string of the molecule is CN(C(=O)C1CC1)C(C)(C)C. The van der Waals surface area contributed by atoms with E-state index >= 15 is 0 Å². The minimum atomic E-state index is -0.0142. The second-order valence-electron chi connectivity index (χ2n) is 4.34. The van der Waals surface area contributed by atoms with Gasteiger partial charge in [0.2, 0.25) is 5.91 Å². The minimum Gasteiger partial charge on any atom is -0.341 e. The zero-order valence-corrected chi connectivity index (χ0v) is 7.85. The van der Waals surface area contributed by atoms with Crippen molar-refractivity contribution in [3.05, 3.63) is 0 Å². The topological polar surface area (TPSA) is 20.3 Å². The van der Waals surface area contributed by atoms with Crippen molar-refractivity contribution in [3.8, 4) is 0 Å². The third-order valence-electron chi connectivity index (χ3n) is 2.26. The van der Waals surface area contributed by atoms with Crippen molar-refractivity contribution in [1.29, 1.82) is 0 Å². The van der Waals surface area contributed by atoms with Gasteiger partial charge >= 0.3 is 0 Å². The van der Waals surface area contributed by atoms with Crippen LogP contribution in [0.25, 0.3) is 0 Å². The number of amides is 1. The van der Waals surface area contributed by atoms with Crippen LogP contribution in [0, 0.1) is 5.92 Å². The molecule has 0 aliphatic heterocycles.